The molecule has 0 saturated carbocycles. The zero-order valence-electron chi connectivity index (χ0n) is 17.7. The molecule has 0 aliphatic carbocycles. The van der Waals surface area contributed by atoms with E-state index < -0.39 is 6.04 Å². The number of halogens is 1. The van der Waals surface area contributed by atoms with Gasteiger partial charge < -0.3 is 10.2 Å². The van der Waals surface area contributed by atoms with Gasteiger partial charge in [-0.05, 0) is 56.4 Å². The van der Waals surface area contributed by atoms with Crippen molar-refractivity contribution in [2.45, 2.75) is 65.6 Å². The standard InChI is InChI=1S/C24H31ClN2O2/c1-5-19-10-12-20(13-11-19)14-15-23(28)27(18(4)24(29)26-17(2)3)16-21-8-6-7-9-22(21)25/h6-13,17-18H,5,14-16H2,1-4H3,(H,26,29). The average molecular weight is 415 g/mol. The van der Waals surface area contributed by atoms with Gasteiger partial charge in [-0.2, -0.15) is 0 Å². The molecule has 0 radical (unpaired) electrons. The highest BCUT2D eigenvalue weighted by Gasteiger charge is 2.26. The van der Waals surface area contributed by atoms with Crippen molar-refractivity contribution in [1.29, 1.82) is 0 Å². The largest absolute Gasteiger partial charge is 0.352 e. The summed E-state index contributed by atoms with van der Waals surface area (Å²) in [4.78, 5) is 27.3. The second kappa shape index (κ2) is 11.0. The van der Waals surface area contributed by atoms with Crippen LogP contribution in [0.2, 0.25) is 5.02 Å². The van der Waals surface area contributed by atoms with Gasteiger partial charge in [0.2, 0.25) is 11.8 Å². The van der Waals surface area contributed by atoms with Crippen LogP contribution in [0.4, 0.5) is 0 Å². The fourth-order valence-corrected chi connectivity index (χ4v) is 3.33. The minimum atomic E-state index is -0.580. The number of carbonyl (C=O) groups is 2. The third-order valence-corrected chi connectivity index (χ3v) is 5.32. The van der Waals surface area contributed by atoms with Crippen molar-refractivity contribution in [2.75, 3.05) is 0 Å². The van der Waals surface area contributed by atoms with Crippen molar-refractivity contribution in [3.8, 4) is 0 Å². The first-order valence-corrected chi connectivity index (χ1v) is 10.6. The van der Waals surface area contributed by atoms with Gasteiger partial charge in [0.25, 0.3) is 0 Å². The molecule has 0 saturated heterocycles. The Morgan fingerprint density at radius 2 is 1.62 bits per heavy atom. The number of nitrogens with zero attached hydrogens (tertiary/aromatic N) is 1. The maximum Gasteiger partial charge on any atom is 0.242 e. The van der Waals surface area contributed by atoms with E-state index in [4.69, 9.17) is 11.6 Å². The summed E-state index contributed by atoms with van der Waals surface area (Å²) < 4.78 is 0. The molecule has 0 fully saturated rings. The number of aryl methyl sites for hydroxylation is 2. The van der Waals surface area contributed by atoms with Crippen LogP contribution in [0.15, 0.2) is 48.5 Å². The number of hydrogen-bond acceptors (Lipinski definition) is 2. The van der Waals surface area contributed by atoms with E-state index in [-0.39, 0.29) is 17.9 Å². The molecule has 0 heterocycles. The van der Waals surface area contributed by atoms with Crippen LogP contribution in [0, 0.1) is 0 Å². The monoisotopic (exact) mass is 414 g/mol. The lowest BCUT2D eigenvalue weighted by Crippen LogP contribution is -2.49. The van der Waals surface area contributed by atoms with E-state index in [0.717, 1.165) is 17.5 Å². The lowest BCUT2D eigenvalue weighted by atomic mass is 10.0. The van der Waals surface area contributed by atoms with Gasteiger partial charge in [0, 0.05) is 24.0 Å². The predicted octanol–water partition coefficient (Wildman–Crippen LogP) is 4.78. The Labute approximate surface area is 179 Å². The van der Waals surface area contributed by atoms with Crippen LogP contribution in [0.3, 0.4) is 0 Å². The first-order chi connectivity index (χ1) is 13.8. The van der Waals surface area contributed by atoms with E-state index in [1.54, 1.807) is 17.9 Å². The normalized spacial score (nSPS) is 11.9. The number of rotatable bonds is 9. The fraction of sp³-hybridized carbons (Fsp3) is 0.417. The Kier molecular flexibility index (Phi) is 8.71. The van der Waals surface area contributed by atoms with Crippen LogP contribution in [-0.2, 0) is 29.0 Å². The second-order valence-corrected chi connectivity index (χ2v) is 8.03. The lowest BCUT2D eigenvalue weighted by Gasteiger charge is -2.29. The molecular weight excluding hydrogens is 384 g/mol. The summed E-state index contributed by atoms with van der Waals surface area (Å²) in [5, 5.41) is 3.49. The number of amides is 2. The molecule has 5 heteroatoms. The number of nitrogens with one attached hydrogen (secondary N) is 1. The lowest BCUT2D eigenvalue weighted by molar-refractivity contribution is -0.140. The number of carbonyl (C=O) groups excluding carboxylic acids is 2. The fourth-order valence-electron chi connectivity index (χ4n) is 3.13. The molecule has 2 aromatic carbocycles. The molecule has 0 spiro atoms. The minimum Gasteiger partial charge on any atom is -0.352 e. The first kappa shape index (κ1) is 23.0. The molecule has 2 aromatic rings. The van der Waals surface area contributed by atoms with Crippen molar-refractivity contribution in [1.82, 2.24) is 10.2 Å². The summed E-state index contributed by atoms with van der Waals surface area (Å²) in [6, 6.07) is 15.2. The Morgan fingerprint density at radius 3 is 2.21 bits per heavy atom. The SMILES string of the molecule is CCc1ccc(CCC(=O)N(Cc2ccccc2Cl)C(C)C(=O)NC(C)C)cc1. The first-order valence-electron chi connectivity index (χ1n) is 10.2. The van der Waals surface area contributed by atoms with Gasteiger partial charge in [0.1, 0.15) is 6.04 Å². The highest BCUT2D eigenvalue weighted by Crippen LogP contribution is 2.20. The summed E-state index contributed by atoms with van der Waals surface area (Å²) in [5.41, 5.74) is 3.23. The van der Waals surface area contributed by atoms with Crippen LogP contribution in [0.25, 0.3) is 0 Å². The van der Waals surface area contributed by atoms with Gasteiger partial charge in [-0.3, -0.25) is 9.59 Å². The highest BCUT2D eigenvalue weighted by atomic mass is 35.5. The predicted molar refractivity (Wildman–Crippen MR) is 119 cm³/mol. The minimum absolute atomic E-state index is 0.0132. The second-order valence-electron chi connectivity index (χ2n) is 7.62. The van der Waals surface area contributed by atoms with Crippen LogP contribution < -0.4 is 5.32 Å². The molecule has 0 aromatic heterocycles. The van der Waals surface area contributed by atoms with Crippen molar-refractivity contribution in [3.63, 3.8) is 0 Å². The molecule has 156 valence electrons. The van der Waals surface area contributed by atoms with Crippen molar-refractivity contribution in [2.24, 2.45) is 0 Å². The van der Waals surface area contributed by atoms with Gasteiger partial charge >= 0.3 is 0 Å². The van der Waals surface area contributed by atoms with Crippen LogP contribution in [-0.4, -0.2) is 28.8 Å². The summed E-state index contributed by atoms with van der Waals surface area (Å²) in [6.45, 7) is 8.01. The molecule has 4 nitrogen and oxygen atoms in total. The summed E-state index contributed by atoms with van der Waals surface area (Å²) in [6.07, 6.45) is 1.98. The Balaban J connectivity index is 2.14. The molecule has 2 amide bonds. The maximum absolute atomic E-state index is 13.1. The third kappa shape index (κ3) is 6.90. The summed E-state index contributed by atoms with van der Waals surface area (Å²) in [5.74, 6) is -0.219. The molecular formula is C24H31ClN2O2. The topological polar surface area (TPSA) is 49.4 Å². The highest BCUT2D eigenvalue weighted by molar-refractivity contribution is 6.31. The molecule has 1 atom stereocenters. The van der Waals surface area contributed by atoms with Gasteiger partial charge in [-0.1, -0.05) is 61.0 Å². The molecule has 1 N–H and O–H groups in total. The molecule has 0 aliphatic heterocycles. The van der Waals surface area contributed by atoms with Gasteiger partial charge in [0.15, 0.2) is 0 Å². The van der Waals surface area contributed by atoms with E-state index in [2.05, 4.69) is 36.5 Å². The Hall–Kier alpha value is -2.33. The van der Waals surface area contributed by atoms with E-state index >= 15 is 0 Å². The third-order valence-electron chi connectivity index (χ3n) is 4.96. The van der Waals surface area contributed by atoms with Gasteiger partial charge in [0.05, 0.1) is 0 Å². The van der Waals surface area contributed by atoms with E-state index in [1.807, 2.05) is 32.0 Å². The van der Waals surface area contributed by atoms with Crippen LogP contribution in [0.1, 0.15) is 50.8 Å². The van der Waals surface area contributed by atoms with E-state index in [0.29, 0.717) is 24.4 Å². The van der Waals surface area contributed by atoms with E-state index in [1.165, 1.54) is 5.56 Å². The zero-order chi connectivity index (χ0) is 21.4. The molecule has 1 unspecified atom stereocenters. The molecule has 0 aliphatic rings. The quantitative estimate of drug-likeness (QED) is 0.642. The number of hydrogen-bond donors (Lipinski definition) is 1. The van der Waals surface area contributed by atoms with Crippen molar-refractivity contribution >= 4 is 23.4 Å². The van der Waals surface area contributed by atoms with Crippen molar-refractivity contribution in [3.05, 3.63) is 70.2 Å². The van der Waals surface area contributed by atoms with Gasteiger partial charge in [-0.25, -0.2) is 0 Å². The molecule has 0 bridgehead atoms. The maximum atomic E-state index is 13.1. The van der Waals surface area contributed by atoms with Crippen LogP contribution in [0.5, 0.6) is 0 Å². The Bertz CT molecular complexity index is 818. The average Bonchev–Trinajstić information content (AvgIpc) is 2.70. The zero-order valence-corrected chi connectivity index (χ0v) is 18.5. The van der Waals surface area contributed by atoms with Crippen LogP contribution >= 0.6 is 11.6 Å². The molecule has 29 heavy (non-hydrogen) atoms. The van der Waals surface area contributed by atoms with Gasteiger partial charge in [-0.15, -0.1) is 0 Å². The van der Waals surface area contributed by atoms with E-state index in [9.17, 15) is 9.59 Å². The number of benzene rings is 2. The summed E-state index contributed by atoms with van der Waals surface area (Å²) in [7, 11) is 0. The smallest absolute Gasteiger partial charge is 0.242 e. The van der Waals surface area contributed by atoms with Crippen molar-refractivity contribution < 1.29 is 9.59 Å². The molecule has 2 rings (SSSR count). The Morgan fingerprint density at radius 1 is 1.00 bits per heavy atom. The summed E-state index contributed by atoms with van der Waals surface area (Å²) >= 11 is 6.30.